The van der Waals surface area contributed by atoms with Gasteiger partial charge in [0.2, 0.25) is 11.8 Å². The Morgan fingerprint density at radius 2 is 1.52 bits per heavy atom. The van der Waals surface area contributed by atoms with Gasteiger partial charge in [0.05, 0.1) is 5.92 Å². The molecule has 1 saturated carbocycles. The summed E-state index contributed by atoms with van der Waals surface area (Å²) in [6.07, 6.45) is -3.44. The third-order valence-corrected chi connectivity index (χ3v) is 8.36. The lowest BCUT2D eigenvalue weighted by Gasteiger charge is -2.46. The predicted molar refractivity (Wildman–Crippen MR) is 135 cm³/mol. The van der Waals surface area contributed by atoms with Crippen LogP contribution in [-0.2, 0) is 14.4 Å². The van der Waals surface area contributed by atoms with Crippen molar-refractivity contribution in [3.63, 3.8) is 0 Å². The molecule has 1 unspecified atom stereocenters. The fourth-order valence-corrected chi connectivity index (χ4v) is 6.02. The van der Waals surface area contributed by atoms with E-state index in [1.807, 2.05) is 23.1 Å². The maximum atomic E-state index is 13.5. The van der Waals surface area contributed by atoms with Crippen LogP contribution in [0, 0.1) is 23.2 Å². The van der Waals surface area contributed by atoms with Crippen molar-refractivity contribution in [1.82, 2.24) is 15.3 Å². The number of anilines is 1. The number of nitrogens with zero attached hydrogens (tertiary/aromatic N) is 3. The molecule has 1 aliphatic carbocycles. The monoisotopic (exact) mass is 572 g/mol. The number of carboxylic acid groups (broad SMARTS) is 2. The first-order valence-electron chi connectivity index (χ1n) is 13.1. The summed E-state index contributed by atoms with van der Waals surface area (Å²) in [4.78, 5) is 51.9. The lowest BCUT2D eigenvalue weighted by molar-refractivity contribution is -0.192. The Balaban J connectivity index is 0.000000559. The SMILES string of the molecule is C[C@@]1(C2CCN(C(=O)O)C2)CC[C@H](C(=O)N2CCN(c3ccccc3)CC2)[C@@H](C(=O)NO)C1.O=C(O)C(F)(F)F. The number of halogens is 3. The fraction of sp³-hybridized carbons (Fsp3) is 0.615. The molecule has 4 N–H and O–H groups in total. The molecule has 2 saturated heterocycles. The molecule has 1 aromatic carbocycles. The van der Waals surface area contributed by atoms with E-state index in [9.17, 15) is 37.9 Å². The predicted octanol–water partition coefficient (Wildman–Crippen LogP) is 2.90. The standard InChI is InChI=1S/C24H34N4O5.C2HF3O2/c1-24(17-8-10-28(16-17)23(31)32)9-7-19(20(15-24)21(29)25-33)22(30)27-13-11-26(12-14-27)18-5-3-2-4-6-18;3-2(4,5)1(6)7/h2-6,17,19-20,33H,7-16H2,1H3,(H,25,29)(H,31,32);(H,6,7)/t17?,19-,20-,24+;/m0./s1. The number of alkyl halides is 3. The number of nitrogens with one attached hydrogen (secondary N) is 1. The van der Waals surface area contributed by atoms with Crippen molar-refractivity contribution < 1.29 is 47.8 Å². The number of amides is 3. The molecule has 0 radical (unpaired) electrons. The molecule has 1 aromatic rings. The van der Waals surface area contributed by atoms with Gasteiger partial charge in [-0.25, -0.2) is 15.1 Å². The number of benzene rings is 1. The summed E-state index contributed by atoms with van der Waals surface area (Å²) in [7, 11) is 0. The highest BCUT2D eigenvalue weighted by atomic mass is 19.4. The highest BCUT2D eigenvalue weighted by Gasteiger charge is 2.50. The number of likely N-dealkylation sites (tertiary alicyclic amines) is 1. The minimum Gasteiger partial charge on any atom is -0.475 e. The first-order valence-corrected chi connectivity index (χ1v) is 13.1. The van der Waals surface area contributed by atoms with Gasteiger partial charge in [-0.15, -0.1) is 0 Å². The maximum absolute atomic E-state index is 13.5. The zero-order chi connectivity index (χ0) is 29.7. The summed E-state index contributed by atoms with van der Waals surface area (Å²) < 4.78 is 31.7. The van der Waals surface area contributed by atoms with E-state index in [0.29, 0.717) is 39.0 Å². The summed E-state index contributed by atoms with van der Waals surface area (Å²) in [6, 6.07) is 10.1. The molecule has 3 aliphatic rings. The van der Waals surface area contributed by atoms with Gasteiger partial charge in [-0.2, -0.15) is 13.2 Å². The molecule has 4 atom stereocenters. The van der Waals surface area contributed by atoms with E-state index in [4.69, 9.17) is 9.90 Å². The van der Waals surface area contributed by atoms with Gasteiger partial charge < -0.3 is 24.9 Å². The smallest absolute Gasteiger partial charge is 0.475 e. The van der Waals surface area contributed by atoms with Crippen molar-refractivity contribution >= 4 is 29.6 Å². The Kier molecular flexibility index (Phi) is 9.87. The number of piperazine rings is 1. The average molecular weight is 573 g/mol. The van der Waals surface area contributed by atoms with Gasteiger partial charge in [-0.3, -0.25) is 14.8 Å². The number of hydrogen-bond acceptors (Lipinski definition) is 6. The highest BCUT2D eigenvalue weighted by molar-refractivity contribution is 5.87. The molecule has 2 aliphatic heterocycles. The van der Waals surface area contributed by atoms with Gasteiger partial charge >= 0.3 is 18.2 Å². The van der Waals surface area contributed by atoms with Crippen LogP contribution in [0.4, 0.5) is 23.7 Å². The van der Waals surface area contributed by atoms with Crippen LogP contribution in [0.25, 0.3) is 0 Å². The van der Waals surface area contributed by atoms with Crippen LogP contribution >= 0.6 is 0 Å². The summed E-state index contributed by atoms with van der Waals surface area (Å²) in [5.74, 6) is -4.23. The van der Waals surface area contributed by atoms with E-state index in [-0.39, 0.29) is 17.2 Å². The van der Waals surface area contributed by atoms with Crippen molar-refractivity contribution in [2.45, 2.75) is 38.8 Å². The Morgan fingerprint density at radius 3 is 2.02 bits per heavy atom. The number of aliphatic carboxylic acids is 1. The van der Waals surface area contributed by atoms with Gasteiger partial charge in [0.25, 0.3) is 0 Å². The van der Waals surface area contributed by atoms with E-state index in [0.717, 1.165) is 31.6 Å². The van der Waals surface area contributed by atoms with Crippen molar-refractivity contribution in [2.75, 3.05) is 44.2 Å². The number of hydroxylamine groups is 1. The van der Waals surface area contributed by atoms with Crippen molar-refractivity contribution in [1.29, 1.82) is 0 Å². The highest BCUT2D eigenvalue weighted by Crippen LogP contribution is 2.50. The van der Waals surface area contributed by atoms with Crippen LogP contribution in [0.1, 0.15) is 32.6 Å². The van der Waals surface area contributed by atoms with Gasteiger partial charge in [-0.1, -0.05) is 25.1 Å². The Labute approximate surface area is 229 Å². The molecular weight excluding hydrogens is 537 g/mol. The molecule has 0 aromatic heterocycles. The zero-order valence-corrected chi connectivity index (χ0v) is 22.1. The van der Waals surface area contributed by atoms with Crippen LogP contribution in [0.5, 0.6) is 0 Å². The van der Waals surface area contributed by atoms with Crippen LogP contribution in [0.2, 0.25) is 0 Å². The molecule has 11 nitrogen and oxygen atoms in total. The Hall–Kier alpha value is -3.55. The number of para-hydroxylation sites is 1. The van der Waals surface area contributed by atoms with Crippen LogP contribution < -0.4 is 10.4 Å². The first kappa shape index (κ1) is 31.0. The molecule has 3 amide bonds. The van der Waals surface area contributed by atoms with Crippen molar-refractivity contribution in [3.05, 3.63) is 30.3 Å². The molecule has 4 rings (SSSR count). The molecule has 0 bridgehead atoms. The summed E-state index contributed by atoms with van der Waals surface area (Å²) in [6.45, 7) is 5.74. The quantitative estimate of drug-likeness (QED) is 0.318. The van der Waals surface area contributed by atoms with Crippen molar-refractivity contribution in [2.24, 2.45) is 23.2 Å². The molecule has 14 heteroatoms. The van der Waals surface area contributed by atoms with Gasteiger partial charge in [0, 0.05) is 50.9 Å². The summed E-state index contributed by atoms with van der Waals surface area (Å²) in [5.41, 5.74) is 2.68. The second kappa shape index (κ2) is 12.7. The lowest BCUT2D eigenvalue weighted by atomic mass is 9.60. The summed E-state index contributed by atoms with van der Waals surface area (Å²) in [5, 5.41) is 25.8. The second-order valence-corrected chi connectivity index (χ2v) is 10.8. The number of carbonyl (C=O) groups is 4. The Morgan fingerprint density at radius 1 is 0.925 bits per heavy atom. The molecule has 3 fully saturated rings. The number of carboxylic acids is 1. The molecule has 222 valence electrons. The molecule has 2 heterocycles. The number of rotatable bonds is 4. The zero-order valence-electron chi connectivity index (χ0n) is 22.1. The Bertz CT molecular complexity index is 1070. The number of hydrogen-bond donors (Lipinski definition) is 4. The molecular formula is C26H35F3N4O7. The maximum Gasteiger partial charge on any atom is 0.490 e. The van der Waals surface area contributed by atoms with E-state index >= 15 is 0 Å². The minimum atomic E-state index is -5.08. The first-order chi connectivity index (χ1) is 18.8. The van der Waals surface area contributed by atoms with Crippen molar-refractivity contribution in [3.8, 4) is 0 Å². The third-order valence-electron chi connectivity index (χ3n) is 8.36. The fourth-order valence-electron chi connectivity index (χ4n) is 6.02. The van der Waals surface area contributed by atoms with E-state index in [2.05, 4.69) is 24.0 Å². The summed E-state index contributed by atoms with van der Waals surface area (Å²) >= 11 is 0. The van der Waals surface area contributed by atoms with Gasteiger partial charge in [0.15, 0.2) is 0 Å². The third kappa shape index (κ3) is 7.34. The van der Waals surface area contributed by atoms with Gasteiger partial charge in [-0.05, 0) is 49.1 Å². The van der Waals surface area contributed by atoms with Crippen LogP contribution in [0.3, 0.4) is 0 Å². The molecule has 0 spiro atoms. The van der Waals surface area contributed by atoms with E-state index in [1.165, 1.54) is 4.90 Å². The normalized spacial score (nSPS) is 26.9. The topological polar surface area (TPSA) is 151 Å². The lowest BCUT2D eigenvalue weighted by Crippen LogP contribution is -2.54. The van der Waals surface area contributed by atoms with Crippen LogP contribution in [-0.4, -0.2) is 94.5 Å². The molecule has 40 heavy (non-hydrogen) atoms. The van der Waals surface area contributed by atoms with Crippen LogP contribution in [0.15, 0.2) is 30.3 Å². The largest absolute Gasteiger partial charge is 0.490 e. The minimum absolute atomic E-state index is 0.0167. The van der Waals surface area contributed by atoms with E-state index < -0.39 is 36.0 Å². The second-order valence-electron chi connectivity index (χ2n) is 10.8. The number of carbonyl (C=O) groups excluding carboxylic acids is 2. The average Bonchev–Trinajstić information content (AvgIpc) is 3.45. The van der Waals surface area contributed by atoms with Gasteiger partial charge in [0.1, 0.15) is 0 Å². The van der Waals surface area contributed by atoms with E-state index in [1.54, 1.807) is 5.48 Å².